The number of nitrogens with zero attached hydrogens (tertiary/aromatic N) is 2. The molecule has 1 aliphatic rings. The second kappa shape index (κ2) is 11.4. The van der Waals surface area contributed by atoms with E-state index in [0.717, 1.165) is 18.8 Å². The van der Waals surface area contributed by atoms with Gasteiger partial charge in [-0.25, -0.2) is 0 Å². The third kappa shape index (κ3) is 4.91. The van der Waals surface area contributed by atoms with E-state index < -0.39 is 23.5 Å². The first kappa shape index (κ1) is 27.4. The largest absolute Gasteiger partial charge is 0.507 e. The number of aliphatic hydroxyl groups is 1. The molecule has 3 aromatic rings. The van der Waals surface area contributed by atoms with Gasteiger partial charge in [0.05, 0.1) is 36.4 Å². The second-order valence-electron chi connectivity index (χ2n) is 8.60. The number of carbonyl (C=O) groups excluding carboxylic acids is 2. The molecule has 1 aliphatic heterocycles. The van der Waals surface area contributed by atoms with Crippen molar-refractivity contribution >= 4 is 52.0 Å². The summed E-state index contributed by atoms with van der Waals surface area (Å²) in [5.41, 5.74) is 2.13. The van der Waals surface area contributed by atoms with Gasteiger partial charge in [-0.3, -0.25) is 14.5 Å². The van der Waals surface area contributed by atoms with Crippen LogP contribution in [0.2, 0.25) is 10.0 Å². The number of amides is 1. The van der Waals surface area contributed by atoms with Crippen molar-refractivity contribution in [3.05, 3.63) is 87.4 Å². The van der Waals surface area contributed by atoms with E-state index >= 15 is 0 Å². The van der Waals surface area contributed by atoms with Crippen LogP contribution in [0.25, 0.3) is 5.76 Å². The highest BCUT2D eigenvalue weighted by Gasteiger charge is 2.47. The highest BCUT2D eigenvalue weighted by atomic mass is 35.5. The SMILES string of the molecule is CCN(CC)c1ccc(C2/C(=C(\O)c3cc(Cl)c(OC)cc3OC)C(=O)C(=O)N2c2cccc(Cl)c2)cc1. The van der Waals surface area contributed by atoms with Crippen LogP contribution >= 0.6 is 23.2 Å². The molecule has 1 saturated heterocycles. The normalized spacial score (nSPS) is 16.6. The minimum atomic E-state index is -0.926. The lowest BCUT2D eigenvalue weighted by molar-refractivity contribution is -0.132. The molecule has 3 aromatic carbocycles. The predicted octanol–water partition coefficient (Wildman–Crippen LogP) is 6.48. The Labute approximate surface area is 231 Å². The molecule has 0 saturated carbocycles. The minimum Gasteiger partial charge on any atom is -0.507 e. The monoisotopic (exact) mass is 554 g/mol. The van der Waals surface area contributed by atoms with E-state index in [-0.39, 0.29) is 21.9 Å². The highest BCUT2D eigenvalue weighted by molar-refractivity contribution is 6.52. The summed E-state index contributed by atoms with van der Waals surface area (Å²) in [5, 5.41) is 12.2. The number of carbonyl (C=O) groups is 2. The first-order valence-electron chi connectivity index (χ1n) is 12.1. The molecule has 1 fully saturated rings. The Morgan fingerprint density at radius 3 is 2.18 bits per heavy atom. The van der Waals surface area contributed by atoms with Gasteiger partial charge in [0.15, 0.2) is 0 Å². The van der Waals surface area contributed by atoms with E-state index in [2.05, 4.69) is 18.7 Å². The molecule has 1 heterocycles. The smallest absolute Gasteiger partial charge is 0.300 e. The van der Waals surface area contributed by atoms with Crippen LogP contribution in [0.5, 0.6) is 11.5 Å². The molecule has 1 atom stereocenters. The van der Waals surface area contributed by atoms with Crippen LogP contribution < -0.4 is 19.3 Å². The molecule has 1 N–H and O–H groups in total. The lowest BCUT2D eigenvalue weighted by Crippen LogP contribution is -2.29. The quantitative estimate of drug-likeness (QED) is 0.195. The van der Waals surface area contributed by atoms with E-state index in [4.69, 9.17) is 32.7 Å². The molecular weight excluding hydrogens is 527 g/mol. The van der Waals surface area contributed by atoms with Gasteiger partial charge >= 0.3 is 0 Å². The van der Waals surface area contributed by atoms with E-state index in [1.54, 1.807) is 24.3 Å². The van der Waals surface area contributed by atoms with Crippen molar-refractivity contribution in [3.8, 4) is 11.5 Å². The fraction of sp³-hybridized carbons (Fsp3) is 0.241. The van der Waals surface area contributed by atoms with Crippen molar-refractivity contribution in [3.63, 3.8) is 0 Å². The molecule has 1 unspecified atom stereocenters. The van der Waals surface area contributed by atoms with Gasteiger partial charge in [-0.1, -0.05) is 41.4 Å². The van der Waals surface area contributed by atoms with Crippen molar-refractivity contribution in [2.75, 3.05) is 37.1 Å². The number of Topliss-reactive ketones (excluding diaryl/α,β-unsaturated/α-hetero) is 1. The molecule has 0 radical (unpaired) electrons. The number of rotatable bonds is 8. The van der Waals surface area contributed by atoms with Gasteiger partial charge < -0.3 is 19.5 Å². The van der Waals surface area contributed by atoms with E-state index in [1.165, 1.54) is 31.3 Å². The Morgan fingerprint density at radius 1 is 0.947 bits per heavy atom. The van der Waals surface area contributed by atoms with Crippen molar-refractivity contribution in [1.29, 1.82) is 0 Å². The fourth-order valence-corrected chi connectivity index (χ4v) is 5.11. The summed E-state index contributed by atoms with van der Waals surface area (Å²) in [6, 6.07) is 16.3. The number of methoxy groups -OCH3 is 2. The van der Waals surface area contributed by atoms with Crippen molar-refractivity contribution in [2.24, 2.45) is 0 Å². The summed E-state index contributed by atoms with van der Waals surface area (Å²) in [5.74, 6) is -1.47. The summed E-state index contributed by atoms with van der Waals surface area (Å²) >= 11 is 12.6. The number of aliphatic hydroxyl groups excluding tert-OH is 1. The number of halogens is 2. The number of anilines is 2. The molecule has 7 nitrogen and oxygen atoms in total. The topological polar surface area (TPSA) is 79.3 Å². The van der Waals surface area contributed by atoms with Crippen molar-refractivity contribution < 1.29 is 24.2 Å². The van der Waals surface area contributed by atoms with E-state index in [9.17, 15) is 14.7 Å². The van der Waals surface area contributed by atoms with Crippen LogP contribution in [0.3, 0.4) is 0 Å². The van der Waals surface area contributed by atoms with Crippen molar-refractivity contribution in [1.82, 2.24) is 0 Å². The van der Waals surface area contributed by atoms with Crippen LogP contribution in [-0.2, 0) is 9.59 Å². The van der Waals surface area contributed by atoms with Gasteiger partial charge in [0.1, 0.15) is 17.3 Å². The molecule has 1 amide bonds. The molecule has 0 aromatic heterocycles. The Bertz CT molecular complexity index is 1400. The maximum atomic E-state index is 13.5. The third-order valence-electron chi connectivity index (χ3n) is 6.60. The zero-order valence-corrected chi connectivity index (χ0v) is 23.0. The lowest BCUT2D eigenvalue weighted by Gasteiger charge is -2.27. The molecule has 198 valence electrons. The Kier molecular flexibility index (Phi) is 8.19. The Hall–Kier alpha value is -3.68. The van der Waals surface area contributed by atoms with E-state index in [1.807, 2.05) is 24.3 Å². The highest BCUT2D eigenvalue weighted by Crippen LogP contribution is 2.45. The van der Waals surface area contributed by atoms with Gasteiger partial charge in [0.2, 0.25) is 0 Å². The number of benzene rings is 3. The maximum absolute atomic E-state index is 13.5. The standard InChI is InChI=1S/C29H28Cl2N2O5/c1-5-32(6-2)19-12-10-17(11-13-19)26-25(27(34)21-15-22(31)24(38-4)16-23(21)37-3)28(35)29(36)33(26)20-9-7-8-18(30)14-20/h7-16,26,34H,5-6H2,1-4H3/b27-25+. The molecule has 0 aliphatic carbocycles. The molecule has 0 spiro atoms. The average molecular weight is 555 g/mol. The first-order valence-corrected chi connectivity index (χ1v) is 12.8. The maximum Gasteiger partial charge on any atom is 0.300 e. The van der Waals surface area contributed by atoms with Crippen LogP contribution in [0.1, 0.15) is 31.0 Å². The average Bonchev–Trinajstić information content (AvgIpc) is 3.19. The van der Waals surface area contributed by atoms with Crippen LogP contribution in [0.4, 0.5) is 11.4 Å². The van der Waals surface area contributed by atoms with Crippen LogP contribution in [0, 0.1) is 0 Å². The molecular formula is C29H28Cl2N2O5. The Balaban J connectivity index is 1.96. The van der Waals surface area contributed by atoms with Gasteiger partial charge in [-0.05, 0) is 55.8 Å². The molecule has 0 bridgehead atoms. The summed E-state index contributed by atoms with van der Waals surface area (Å²) in [4.78, 5) is 30.5. The number of hydrogen-bond acceptors (Lipinski definition) is 6. The predicted molar refractivity (Wildman–Crippen MR) is 151 cm³/mol. The Morgan fingerprint density at radius 2 is 1.61 bits per heavy atom. The molecule has 38 heavy (non-hydrogen) atoms. The zero-order chi connectivity index (χ0) is 27.6. The fourth-order valence-electron chi connectivity index (χ4n) is 4.69. The number of ether oxygens (including phenoxy) is 2. The summed E-state index contributed by atoms with van der Waals surface area (Å²) in [7, 11) is 2.88. The molecule has 9 heteroatoms. The number of ketones is 1. The van der Waals surface area contributed by atoms with Gasteiger partial charge in [-0.2, -0.15) is 0 Å². The minimum absolute atomic E-state index is 0.0925. The van der Waals surface area contributed by atoms with Crippen LogP contribution in [0.15, 0.2) is 66.2 Å². The summed E-state index contributed by atoms with van der Waals surface area (Å²) in [6.07, 6.45) is 0. The zero-order valence-electron chi connectivity index (χ0n) is 21.5. The van der Waals surface area contributed by atoms with Crippen molar-refractivity contribution in [2.45, 2.75) is 19.9 Å². The van der Waals surface area contributed by atoms with E-state index in [0.29, 0.717) is 22.0 Å². The molecule has 4 rings (SSSR count). The number of hydrogen-bond donors (Lipinski definition) is 1. The van der Waals surface area contributed by atoms with Crippen LogP contribution in [-0.4, -0.2) is 44.1 Å². The third-order valence-corrected chi connectivity index (χ3v) is 7.13. The second-order valence-corrected chi connectivity index (χ2v) is 9.44. The van der Waals surface area contributed by atoms with Gasteiger partial charge in [-0.15, -0.1) is 0 Å². The summed E-state index contributed by atoms with van der Waals surface area (Å²) < 4.78 is 10.7. The van der Waals surface area contributed by atoms with Gasteiger partial charge in [0, 0.05) is 35.6 Å². The summed E-state index contributed by atoms with van der Waals surface area (Å²) in [6.45, 7) is 5.79. The van der Waals surface area contributed by atoms with Gasteiger partial charge in [0.25, 0.3) is 11.7 Å². The lowest BCUT2D eigenvalue weighted by atomic mass is 9.94. The first-order chi connectivity index (χ1) is 18.2.